The van der Waals surface area contributed by atoms with Gasteiger partial charge in [-0.25, -0.2) is 0 Å². The van der Waals surface area contributed by atoms with Gasteiger partial charge in [0.1, 0.15) is 5.75 Å². The van der Waals surface area contributed by atoms with E-state index in [4.69, 9.17) is 4.74 Å². The average Bonchev–Trinajstić information content (AvgIpc) is 2.65. The zero-order chi connectivity index (χ0) is 20.6. The summed E-state index contributed by atoms with van der Waals surface area (Å²) in [7, 11) is 0. The van der Waals surface area contributed by atoms with Gasteiger partial charge in [0.25, 0.3) is 0 Å². The summed E-state index contributed by atoms with van der Waals surface area (Å²) in [6, 6.07) is 13.9. The highest BCUT2D eigenvalue weighted by Crippen LogP contribution is 2.19. The van der Waals surface area contributed by atoms with E-state index in [-0.39, 0.29) is 18.9 Å². The highest BCUT2D eigenvalue weighted by Gasteiger charge is 2.38. The Morgan fingerprint density at radius 3 is 2.43 bits per heavy atom. The van der Waals surface area contributed by atoms with E-state index in [1.165, 1.54) is 6.07 Å². The van der Waals surface area contributed by atoms with Crippen LogP contribution in [0.3, 0.4) is 0 Å². The number of nitrogens with one attached hydrogen (secondary N) is 2. The molecule has 2 amide bonds. The number of ether oxygens (including phenoxy) is 1. The Bertz CT molecular complexity index is 822. The van der Waals surface area contributed by atoms with Crippen molar-refractivity contribution in [3.63, 3.8) is 0 Å². The van der Waals surface area contributed by atoms with Crippen LogP contribution in [0, 0.1) is 6.92 Å². The Kier molecular flexibility index (Phi) is 7.43. The smallest absolute Gasteiger partial charge is 0.471 e. The zero-order valence-electron chi connectivity index (χ0n) is 15.3. The second kappa shape index (κ2) is 9.77. The highest BCUT2D eigenvalue weighted by atomic mass is 19.4. The first-order valence-electron chi connectivity index (χ1n) is 8.68. The van der Waals surface area contributed by atoms with Crippen LogP contribution in [0.15, 0.2) is 48.5 Å². The average molecular weight is 394 g/mol. The molecule has 0 fully saturated rings. The standard InChI is InChI=1S/C20H21F3N2O3/c1-14-7-2-5-10-17(14)28-12-6-11-18(26)25-16-9-4-3-8-15(16)13-24-19(27)20(21,22)23/h2-5,7-10H,6,11-13H2,1H3,(H,24,27)(H,25,26). The number of hydrogen-bond acceptors (Lipinski definition) is 3. The number of para-hydroxylation sites is 2. The molecule has 0 aliphatic rings. The fraction of sp³-hybridized carbons (Fsp3) is 0.300. The first kappa shape index (κ1) is 21.3. The minimum Gasteiger partial charge on any atom is -0.493 e. The lowest BCUT2D eigenvalue weighted by atomic mass is 10.1. The van der Waals surface area contributed by atoms with Crippen molar-refractivity contribution in [1.29, 1.82) is 0 Å². The number of anilines is 1. The minimum absolute atomic E-state index is 0.190. The summed E-state index contributed by atoms with van der Waals surface area (Å²) in [5, 5.41) is 4.45. The van der Waals surface area contributed by atoms with Crippen LogP contribution < -0.4 is 15.4 Å². The zero-order valence-corrected chi connectivity index (χ0v) is 15.3. The Morgan fingerprint density at radius 1 is 1.04 bits per heavy atom. The number of halogens is 3. The lowest BCUT2D eigenvalue weighted by Crippen LogP contribution is -2.36. The Labute approximate surface area is 160 Å². The summed E-state index contributed by atoms with van der Waals surface area (Å²) in [5.41, 5.74) is 1.74. The number of rotatable bonds is 8. The third kappa shape index (κ3) is 6.61. The van der Waals surface area contributed by atoms with Crippen molar-refractivity contribution in [3.05, 3.63) is 59.7 Å². The number of carbonyl (C=O) groups excluding carboxylic acids is 2. The predicted molar refractivity (Wildman–Crippen MR) is 98.9 cm³/mol. The third-order valence-corrected chi connectivity index (χ3v) is 3.89. The molecule has 0 unspecified atom stereocenters. The lowest BCUT2D eigenvalue weighted by molar-refractivity contribution is -0.173. The maximum Gasteiger partial charge on any atom is 0.471 e. The van der Waals surface area contributed by atoms with Crippen LogP contribution in [0.5, 0.6) is 5.75 Å². The molecule has 2 aromatic carbocycles. The molecule has 0 radical (unpaired) electrons. The van der Waals surface area contributed by atoms with Crippen LogP contribution >= 0.6 is 0 Å². The van der Waals surface area contributed by atoms with Gasteiger partial charge in [-0.05, 0) is 36.6 Å². The molecule has 0 atom stereocenters. The van der Waals surface area contributed by atoms with E-state index in [1.807, 2.05) is 31.2 Å². The molecule has 0 spiro atoms. The minimum atomic E-state index is -4.95. The molecule has 0 heterocycles. The van der Waals surface area contributed by atoms with Crippen LogP contribution in [0.2, 0.25) is 0 Å². The molecule has 2 aromatic rings. The van der Waals surface area contributed by atoms with Crippen LogP contribution in [0.1, 0.15) is 24.0 Å². The fourth-order valence-corrected chi connectivity index (χ4v) is 2.42. The largest absolute Gasteiger partial charge is 0.493 e. The van der Waals surface area contributed by atoms with Crippen molar-refractivity contribution >= 4 is 17.5 Å². The highest BCUT2D eigenvalue weighted by molar-refractivity contribution is 5.91. The summed E-state index contributed by atoms with van der Waals surface area (Å²) >= 11 is 0. The van der Waals surface area contributed by atoms with Crippen molar-refractivity contribution < 1.29 is 27.5 Å². The number of alkyl halides is 3. The molecule has 28 heavy (non-hydrogen) atoms. The van der Waals surface area contributed by atoms with E-state index in [2.05, 4.69) is 5.32 Å². The summed E-state index contributed by atoms with van der Waals surface area (Å²) in [6.45, 7) is 1.95. The second-order valence-corrected chi connectivity index (χ2v) is 6.10. The van der Waals surface area contributed by atoms with Gasteiger partial charge in [0, 0.05) is 18.7 Å². The first-order valence-corrected chi connectivity index (χ1v) is 8.68. The van der Waals surface area contributed by atoms with Gasteiger partial charge in [-0.1, -0.05) is 36.4 Å². The second-order valence-electron chi connectivity index (χ2n) is 6.10. The number of hydrogen-bond donors (Lipinski definition) is 2. The molecule has 0 saturated carbocycles. The van der Waals surface area contributed by atoms with Crippen molar-refractivity contribution in [2.24, 2.45) is 0 Å². The van der Waals surface area contributed by atoms with Gasteiger partial charge in [0.15, 0.2) is 0 Å². The van der Waals surface area contributed by atoms with E-state index in [0.29, 0.717) is 24.3 Å². The van der Waals surface area contributed by atoms with E-state index in [9.17, 15) is 22.8 Å². The molecule has 0 aliphatic carbocycles. The Hall–Kier alpha value is -3.03. The predicted octanol–water partition coefficient (Wildman–Crippen LogP) is 3.97. The normalized spacial score (nSPS) is 11.0. The molecular formula is C20H21F3N2O3. The summed E-state index contributed by atoms with van der Waals surface area (Å²) in [6.07, 6.45) is -4.28. The lowest BCUT2D eigenvalue weighted by Gasteiger charge is -2.13. The molecular weight excluding hydrogens is 373 g/mol. The van der Waals surface area contributed by atoms with Crippen LogP contribution in [0.25, 0.3) is 0 Å². The van der Waals surface area contributed by atoms with Crippen molar-refractivity contribution in [3.8, 4) is 5.75 Å². The van der Waals surface area contributed by atoms with Crippen molar-refractivity contribution in [1.82, 2.24) is 5.32 Å². The summed E-state index contributed by atoms with van der Waals surface area (Å²) in [4.78, 5) is 23.1. The van der Waals surface area contributed by atoms with Gasteiger partial charge in [-0.3, -0.25) is 9.59 Å². The maximum absolute atomic E-state index is 12.3. The van der Waals surface area contributed by atoms with Crippen LogP contribution in [-0.2, 0) is 16.1 Å². The first-order chi connectivity index (χ1) is 13.3. The molecule has 2 rings (SSSR count). The molecule has 0 saturated heterocycles. The van der Waals surface area contributed by atoms with Crippen LogP contribution in [0.4, 0.5) is 18.9 Å². The summed E-state index contributed by atoms with van der Waals surface area (Å²) < 4.78 is 42.5. The van der Waals surface area contributed by atoms with Crippen molar-refractivity contribution in [2.45, 2.75) is 32.5 Å². The molecule has 2 N–H and O–H groups in total. The van der Waals surface area contributed by atoms with Gasteiger partial charge in [0.05, 0.1) is 6.61 Å². The maximum atomic E-state index is 12.3. The molecule has 5 nitrogen and oxygen atoms in total. The number of benzene rings is 2. The molecule has 0 bridgehead atoms. The molecule has 0 aliphatic heterocycles. The Balaban J connectivity index is 1.82. The van der Waals surface area contributed by atoms with Gasteiger partial charge >= 0.3 is 12.1 Å². The monoisotopic (exact) mass is 394 g/mol. The quantitative estimate of drug-likeness (QED) is 0.666. The molecule has 8 heteroatoms. The molecule has 150 valence electrons. The molecule has 0 aromatic heterocycles. The number of carbonyl (C=O) groups is 2. The van der Waals surface area contributed by atoms with Crippen molar-refractivity contribution in [2.75, 3.05) is 11.9 Å². The van der Waals surface area contributed by atoms with Gasteiger partial charge in [-0.15, -0.1) is 0 Å². The van der Waals surface area contributed by atoms with E-state index in [0.717, 1.165) is 11.3 Å². The SMILES string of the molecule is Cc1ccccc1OCCCC(=O)Nc1ccccc1CNC(=O)C(F)(F)F. The topological polar surface area (TPSA) is 67.4 Å². The van der Waals surface area contributed by atoms with Gasteiger partial charge in [-0.2, -0.15) is 13.2 Å². The van der Waals surface area contributed by atoms with E-state index >= 15 is 0 Å². The van der Waals surface area contributed by atoms with Gasteiger partial charge in [0.2, 0.25) is 5.91 Å². The number of amides is 2. The fourth-order valence-electron chi connectivity index (χ4n) is 2.42. The van der Waals surface area contributed by atoms with Gasteiger partial charge < -0.3 is 15.4 Å². The summed E-state index contributed by atoms with van der Waals surface area (Å²) in [5.74, 6) is -1.56. The van der Waals surface area contributed by atoms with E-state index < -0.39 is 12.1 Å². The van der Waals surface area contributed by atoms with Crippen LogP contribution in [-0.4, -0.2) is 24.6 Å². The van der Waals surface area contributed by atoms with E-state index in [1.54, 1.807) is 23.5 Å². The third-order valence-electron chi connectivity index (χ3n) is 3.89. The Morgan fingerprint density at radius 2 is 1.71 bits per heavy atom. The number of aryl methyl sites for hydroxylation is 1.